The quantitative estimate of drug-likeness (QED) is 0.426. The summed E-state index contributed by atoms with van der Waals surface area (Å²) in [6.45, 7) is 2.16. The standard InChI is InChI=1S/C9H9F4N/c1-3-14(2)6-4-5(10)7(11)9(13)8(6)12/h4H,3H2,1-2H3/p+1. The topological polar surface area (TPSA) is 4.44 Å². The van der Waals surface area contributed by atoms with E-state index in [4.69, 9.17) is 0 Å². The minimum Gasteiger partial charge on any atom is -0.302 e. The highest BCUT2D eigenvalue weighted by molar-refractivity contribution is 5.33. The maximum Gasteiger partial charge on any atom is 0.222 e. The third kappa shape index (κ3) is 1.72. The molecule has 1 nitrogen and oxygen atoms in total. The number of quaternary nitrogens is 1. The third-order valence-corrected chi connectivity index (χ3v) is 2.09. The molecule has 0 amide bonds. The summed E-state index contributed by atoms with van der Waals surface area (Å²) >= 11 is 0. The first-order valence-electron chi connectivity index (χ1n) is 4.14. The zero-order valence-electron chi connectivity index (χ0n) is 7.80. The summed E-state index contributed by atoms with van der Waals surface area (Å²) < 4.78 is 51.1. The molecule has 1 N–H and O–H groups in total. The average molecular weight is 208 g/mol. The highest BCUT2D eigenvalue weighted by Gasteiger charge is 2.23. The van der Waals surface area contributed by atoms with Crippen LogP contribution < -0.4 is 4.90 Å². The number of hydrogen-bond acceptors (Lipinski definition) is 0. The monoisotopic (exact) mass is 208 g/mol. The molecule has 0 saturated carbocycles. The van der Waals surface area contributed by atoms with Gasteiger partial charge in [-0.05, 0) is 6.92 Å². The van der Waals surface area contributed by atoms with Gasteiger partial charge in [0.2, 0.25) is 11.6 Å². The second kappa shape index (κ2) is 3.96. The van der Waals surface area contributed by atoms with E-state index < -0.39 is 23.3 Å². The van der Waals surface area contributed by atoms with Crippen molar-refractivity contribution in [3.8, 4) is 0 Å². The molecule has 0 spiro atoms. The van der Waals surface area contributed by atoms with E-state index in [2.05, 4.69) is 0 Å². The highest BCUT2D eigenvalue weighted by atomic mass is 19.2. The van der Waals surface area contributed by atoms with Crippen LogP contribution in [0.1, 0.15) is 6.92 Å². The molecule has 0 aromatic heterocycles. The Morgan fingerprint density at radius 2 is 1.64 bits per heavy atom. The minimum atomic E-state index is -1.77. The Labute approximate surface area is 78.9 Å². The van der Waals surface area contributed by atoms with Gasteiger partial charge in [0.05, 0.1) is 13.6 Å². The SMILES string of the molecule is CC[NH+](C)c1cc(F)c(F)c(F)c1F. The van der Waals surface area contributed by atoms with E-state index in [1.807, 2.05) is 0 Å². The molecule has 5 heteroatoms. The van der Waals surface area contributed by atoms with Crippen LogP contribution in [-0.2, 0) is 0 Å². The van der Waals surface area contributed by atoms with Crippen molar-refractivity contribution in [2.24, 2.45) is 0 Å². The van der Waals surface area contributed by atoms with Crippen LogP contribution >= 0.6 is 0 Å². The molecular weight excluding hydrogens is 198 g/mol. The van der Waals surface area contributed by atoms with Crippen LogP contribution in [0.4, 0.5) is 23.2 Å². The average Bonchev–Trinajstić information content (AvgIpc) is 2.19. The maximum atomic E-state index is 13.1. The molecule has 0 fully saturated rings. The zero-order valence-corrected chi connectivity index (χ0v) is 7.80. The molecule has 0 heterocycles. The first-order chi connectivity index (χ1) is 6.49. The Hall–Kier alpha value is -1.10. The van der Waals surface area contributed by atoms with Gasteiger partial charge in [0.15, 0.2) is 17.3 Å². The Morgan fingerprint density at radius 3 is 2.14 bits per heavy atom. The zero-order chi connectivity index (χ0) is 10.9. The van der Waals surface area contributed by atoms with Crippen LogP contribution in [0.2, 0.25) is 0 Å². The molecule has 1 unspecified atom stereocenters. The lowest BCUT2D eigenvalue weighted by atomic mass is 10.2. The van der Waals surface area contributed by atoms with Crippen LogP contribution in [0.5, 0.6) is 0 Å². The van der Waals surface area contributed by atoms with Crippen molar-refractivity contribution in [1.82, 2.24) is 0 Å². The Balaban J connectivity index is 3.33. The van der Waals surface area contributed by atoms with Gasteiger partial charge in [-0.1, -0.05) is 0 Å². The van der Waals surface area contributed by atoms with Gasteiger partial charge < -0.3 is 4.90 Å². The van der Waals surface area contributed by atoms with Gasteiger partial charge in [-0.25, -0.2) is 13.2 Å². The van der Waals surface area contributed by atoms with Crippen molar-refractivity contribution in [3.05, 3.63) is 29.3 Å². The first kappa shape index (κ1) is 11.0. The first-order valence-corrected chi connectivity index (χ1v) is 4.14. The van der Waals surface area contributed by atoms with Gasteiger partial charge >= 0.3 is 0 Å². The molecule has 0 aliphatic heterocycles. The third-order valence-electron chi connectivity index (χ3n) is 2.09. The van der Waals surface area contributed by atoms with Crippen molar-refractivity contribution >= 4 is 5.69 Å². The predicted octanol–water partition coefficient (Wildman–Crippen LogP) is 1.41. The van der Waals surface area contributed by atoms with Crippen LogP contribution in [-0.4, -0.2) is 13.6 Å². The van der Waals surface area contributed by atoms with Crippen molar-refractivity contribution in [2.45, 2.75) is 6.92 Å². The number of nitrogens with one attached hydrogen (secondary N) is 1. The molecule has 0 aliphatic carbocycles. The van der Waals surface area contributed by atoms with E-state index in [-0.39, 0.29) is 5.69 Å². The lowest BCUT2D eigenvalue weighted by Crippen LogP contribution is -3.03. The normalized spacial score (nSPS) is 13.0. The van der Waals surface area contributed by atoms with Crippen molar-refractivity contribution < 1.29 is 22.5 Å². The second-order valence-electron chi connectivity index (χ2n) is 2.98. The van der Waals surface area contributed by atoms with E-state index >= 15 is 0 Å². The number of rotatable bonds is 2. The summed E-state index contributed by atoms with van der Waals surface area (Å²) in [5.74, 6) is -6.22. The molecule has 1 rings (SSSR count). The summed E-state index contributed by atoms with van der Waals surface area (Å²) in [4.78, 5) is 0.473. The molecule has 0 radical (unpaired) electrons. The van der Waals surface area contributed by atoms with E-state index in [0.717, 1.165) is 0 Å². The molecule has 1 aromatic carbocycles. The number of halogens is 4. The molecule has 1 atom stereocenters. The summed E-state index contributed by atoms with van der Waals surface area (Å²) in [6.07, 6.45) is 0. The van der Waals surface area contributed by atoms with E-state index in [9.17, 15) is 17.6 Å². The molecule has 0 saturated heterocycles. The summed E-state index contributed by atoms with van der Waals surface area (Å²) in [7, 11) is 1.54. The fraction of sp³-hybridized carbons (Fsp3) is 0.333. The lowest BCUT2D eigenvalue weighted by Gasteiger charge is -2.12. The van der Waals surface area contributed by atoms with E-state index in [1.54, 1.807) is 6.92 Å². The number of hydrogen-bond donors (Lipinski definition) is 1. The number of benzene rings is 1. The van der Waals surface area contributed by atoms with E-state index in [1.165, 1.54) is 7.05 Å². The molecule has 78 valence electrons. The predicted molar refractivity (Wildman–Crippen MR) is 43.4 cm³/mol. The molecular formula is C9H10F4N+. The van der Waals surface area contributed by atoms with Crippen molar-refractivity contribution in [2.75, 3.05) is 13.6 Å². The van der Waals surface area contributed by atoms with Crippen LogP contribution in [0.3, 0.4) is 0 Å². The highest BCUT2D eigenvalue weighted by Crippen LogP contribution is 2.19. The second-order valence-corrected chi connectivity index (χ2v) is 2.98. The maximum absolute atomic E-state index is 13.1. The van der Waals surface area contributed by atoms with Crippen LogP contribution in [0.15, 0.2) is 6.07 Å². The largest absolute Gasteiger partial charge is 0.302 e. The summed E-state index contributed by atoms with van der Waals surface area (Å²) in [6, 6.07) is 0.673. The Morgan fingerprint density at radius 1 is 1.07 bits per heavy atom. The van der Waals surface area contributed by atoms with Crippen molar-refractivity contribution in [3.63, 3.8) is 0 Å². The lowest BCUT2D eigenvalue weighted by molar-refractivity contribution is -0.809. The Kier molecular flexibility index (Phi) is 3.10. The van der Waals surface area contributed by atoms with Gasteiger partial charge in [-0.15, -0.1) is 0 Å². The summed E-state index contributed by atoms with van der Waals surface area (Å²) in [5, 5.41) is 0. The Bertz CT molecular complexity index is 351. The van der Waals surface area contributed by atoms with Gasteiger partial charge in [-0.2, -0.15) is 4.39 Å². The molecule has 14 heavy (non-hydrogen) atoms. The van der Waals surface area contributed by atoms with Crippen LogP contribution in [0.25, 0.3) is 0 Å². The fourth-order valence-corrected chi connectivity index (χ4v) is 1.07. The van der Waals surface area contributed by atoms with E-state index in [0.29, 0.717) is 17.5 Å². The van der Waals surface area contributed by atoms with Gasteiger partial charge in [0, 0.05) is 6.07 Å². The van der Waals surface area contributed by atoms with Gasteiger partial charge in [0.1, 0.15) is 0 Å². The minimum absolute atomic E-state index is 0.205. The molecule has 1 aromatic rings. The van der Waals surface area contributed by atoms with Gasteiger partial charge in [-0.3, -0.25) is 0 Å². The molecule has 0 bridgehead atoms. The smallest absolute Gasteiger partial charge is 0.222 e. The van der Waals surface area contributed by atoms with Crippen molar-refractivity contribution in [1.29, 1.82) is 0 Å². The van der Waals surface area contributed by atoms with Gasteiger partial charge in [0.25, 0.3) is 0 Å². The summed E-state index contributed by atoms with van der Waals surface area (Å²) in [5.41, 5.74) is -0.205. The fourth-order valence-electron chi connectivity index (χ4n) is 1.07. The molecule has 0 aliphatic rings. The van der Waals surface area contributed by atoms with Crippen LogP contribution in [0, 0.1) is 23.3 Å².